The molecule has 18 heavy (non-hydrogen) atoms. The van der Waals surface area contributed by atoms with E-state index >= 15 is 0 Å². The molecule has 0 aromatic carbocycles. The molecule has 0 unspecified atom stereocenters. The van der Waals surface area contributed by atoms with Crippen LogP contribution in [0.15, 0.2) is 0 Å². The number of hydrogen-bond donors (Lipinski definition) is 1. The van der Waals surface area contributed by atoms with Gasteiger partial charge in [0, 0.05) is 25.0 Å². The van der Waals surface area contributed by atoms with Crippen molar-refractivity contribution in [1.82, 2.24) is 10.2 Å². The van der Waals surface area contributed by atoms with Gasteiger partial charge in [0.2, 0.25) is 5.91 Å². The number of nitrogens with zero attached hydrogens (tertiary/aromatic N) is 1. The highest BCUT2D eigenvalue weighted by molar-refractivity contribution is 5.85. The lowest BCUT2D eigenvalue weighted by molar-refractivity contribution is -0.139. The number of amides is 1. The Morgan fingerprint density at radius 2 is 1.72 bits per heavy atom. The highest BCUT2D eigenvalue weighted by atomic mass is 35.5. The second-order valence-electron chi connectivity index (χ2n) is 6.08. The van der Waals surface area contributed by atoms with Crippen LogP contribution in [0.2, 0.25) is 0 Å². The molecule has 3 fully saturated rings. The second-order valence-corrected chi connectivity index (χ2v) is 6.08. The van der Waals surface area contributed by atoms with Gasteiger partial charge in [-0.3, -0.25) is 4.79 Å². The first-order chi connectivity index (χ1) is 8.33. The molecule has 1 aliphatic heterocycles. The van der Waals surface area contributed by atoms with Gasteiger partial charge in [-0.1, -0.05) is 6.42 Å². The molecule has 1 saturated heterocycles. The van der Waals surface area contributed by atoms with E-state index in [0.717, 1.165) is 44.7 Å². The van der Waals surface area contributed by atoms with Gasteiger partial charge in [0.1, 0.15) is 0 Å². The lowest BCUT2D eigenvalue weighted by atomic mass is 9.84. The van der Waals surface area contributed by atoms with E-state index in [-0.39, 0.29) is 12.4 Å². The van der Waals surface area contributed by atoms with E-state index in [1.165, 1.54) is 25.8 Å². The summed E-state index contributed by atoms with van der Waals surface area (Å²) in [4.78, 5) is 14.2. The normalized spacial score (nSPS) is 25.4. The average molecular weight is 273 g/mol. The molecule has 1 heterocycles. The number of piperidine rings is 1. The first-order valence-electron chi connectivity index (χ1n) is 7.35. The fourth-order valence-electron chi connectivity index (χ4n) is 2.87. The number of rotatable bonds is 4. The quantitative estimate of drug-likeness (QED) is 0.851. The summed E-state index contributed by atoms with van der Waals surface area (Å²) in [5.41, 5.74) is 0. The Labute approximate surface area is 116 Å². The predicted octanol–water partition coefficient (Wildman–Crippen LogP) is 2.20. The van der Waals surface area contributed by atoms with Crippen molar-refractivity contribution in [2.75, 3.05) is 19.6 Å². The second kappa shape index (κ2) is 6.25. The summed E-state index contributed by atoms with van der Waals surface area (Å²) in [7, 11) is 0. The van der Waals surface area contributed by atoms with Crippen LogP contribution in [0.4, 0.5) is 0 Å². The minimum Gasteiger partial charge on any atom is -0.342 e. The van der Waals surface area contributed by atoms with Crippen molar-refractivity contribution in [1.29, 1.82) is 0 Å². The van der Waals surface area contributed by atoms with Gasteiger partial charge in [-0.15, -0.1) is 12.4 Å². The maximum Gasteiger partial charge on any atom is 0.225 e. The molecule has 0 aromatic rings. The standard InChI is InChI=1S/C14H24N2O.ClH/c17-14(12-2-1-3-12)16-8-6-13(7-9-16)15-10-11-4-5-11;/h11-13,15H,1-10H2;1H. The Hall–Kier alpha value is -0.280. The van der Waals surface area contributed by atoms with Crippen LogP contribution < -0.4 is 5.32 Å². The van der Waals surface area contributed by atoms with Gasteiger partial charge < -0.3 is 10.2 Å². The fraction of sp³-hybridized carbons (Fsp3) is 0.929. The van der Waals surface area contributed by atoms with E-state index in [1.807, 2.05) is 0 Å². The van der Waals surface area contributed by atoms with Crippen molar-refractivity contribution >= 4 is 18.3 Å². The zero-order valence-corrected chi connectivity index (χ0v) is 11.9. The van der Waals surface area contributed by atoms with Crippen molar-refractivity contribution in [3.63, 3.8) is 0 Å². The smallest absolute Gasteiger partial charge is 0.225 e. The van der Waals surface area contributed by atoms with E-state index in [1.54, 1.807) is 0 Å². The minimum absolute atomic E-state index is 0. The third-order valence-corrected chi connectivity index (χ3v) is 4.65. The van der Waals surface area contributed by atoms with Gasteiger partial charge in [-0.05, 0) is 51.0 Å². The van der Waals surface area contributed by atoms with Crippen molar-refractivity contribution in [2.45, 2.75) is 51.0 Å². The Bertz CT molecular complexity index is 282. The summed E-state index contributed by atoms with van der Waals surface area (Å²) in [6, 6.07) is 0.668. The molecule has 0 radical (unpaired) electrons. The molecule has 0 spiro atoms. The van der Waals surface area contributed by atoms with Gasteiger partial charge in [-0.2, -0.15) is 0 Å². The number of nitrogens with one attached hydrogen (secondary N) is 1. The van der Waals surface area contributed by atoms with E-state index < -0.39 is 0 Å². The monoisotopic (exact) mass is 272 g/mol. The largest absolute Gasteiger partial charge is 0.342 e. The molecule has 0 aromatic heterocycles. The van der Waals surface area contributed by atoms with Crippen molar-refractivity contribution < 1.29 is 4.79 Å². The highest BCUT2D eigenvalue weighted by Gasteiger charge is 2.31. The summed E-state index contributed by atoms with van der Waals surface area (Å²) in [5, 5.41) is 3.66. The van der Waals surface area contributed by atoms with Crippen LogP contribution in [0, 0.1) is 11.8 Å². The SMILES string of the molecule is Cl.O=C(C1CCC1)N1CCC(NCC2CC2)CC1. The molecule has 3 nitrogen and oxygen atoms in total. The van der Waals surface area contributed by atoms with Crippen molar-refractivity contribution in [3.8, 4) is 0 Å². The Balaban J connectivity index is 0.00000120. The zero-order chi connectivity index (χ0) is 11.7. The minimum atomic E-state index is 0. The topological polar surface area (TPSA) is 32.3 Å². The van der Waals surface area contributed by atoms with Gasteiger partial charge in [0.25, 0.3) is 0 Å². The predicted molar refractivity (Wildman–Crippen MR) is 74.9 cm³/mol. The molecule has 0 bridgehead atoms. The fourth-order valence-corrected chi connectivity index (χ4v) is 2.87. The number of carbonyl (C=O) groups is 1. The lowest BCUT2D eigenvalue weighted by Crippen LogP contribution is -2.48. The molecule has 104 valence electrons. The lowest BCUT2D eigenvalue weighted by Gasteiger charge is -2.36. The Morgan fingerprint density at radius 3 is 2.22 bits per heavy atom. The van der Waals surface area contributed by atoms with E-state index in [0.29, 0.717) is 17.9 Å². The van der Waals surface area contributed by atoms with Crippen LogP contribution in [0.1, 0.15) is 44.9 Å². The number of hydrogen-bond acceptors (Lipinski definition) is 2. The summed E-state index contributed by atoms with van der Waals surface area (Å²) < 4.78 is 0. The molecule has 1 N–H and O–H groups in total. The zero-order valence-electron chi connectivity index (χ0n) is 11.1. The maximum absolute atomic E-state index is 12.1. The Morgan fingerprint density at radius 1 is 1.06 bits per heavy atom. The van der Waals surface area contributed by atoms with Crippen molar-refractivity contribution in [3.05, 3.63) is 0 Å². The molecular formula is C14H25ClN2O. The van der Waals surface area contributed by atoms with Crippen LogP contribution in [-0.2, 0) is 4.79 Å². The summed E-state index contributed by atoms with van der Waals surface area (Å²) >= 11 is 0. The molecule has 2 aliphatic carbocycles. The van der Waals surface area contributed by atoms with Crippen LogP contribution in [0.25, 0.3) is 0 Å². The maximum atomic E-state index is 12.1. The first kappa shape index (κ1) is 14.1. The van der Waals surface area contributed by atoms with Gasteiger partial charge in [0.15, 0.2) is 0 Å². The molecule has 3 aliphatic rings. The Kier molecular flexibility index (Phi) is 4.91. The third-order valence-electron chi connectivity index (χ3n) is 4.65. The number of carbonyl (C=O) groups excluding carboxylic acids is 1. The van der Waals surface area contributed by atoms with Crippen LogP contribution in [0.3, 0.4) is 0 Å². The molecule has 0 atom stereocenters. The molecule has 3 rings (SSSR count). The van der Waals surface area contributed by atoms with Gasteiger partial charge >= 0.3 is 0 Å². The molecule has 2 saturated carbocycles. The number of likely N-dealkylation sites (tertiary alicyclic amines) is 1. The number of halogens is 1. The van der Waals surface area contributed by atoms with Crippen LogP contribution >= 0.6 is 12.4 Å². The van der Waals surface area contributed by atoms with Gasteiger partial charge in [0.05, 0.1) is 0 Å². The van der Waals surface area contributed by atoms with E-state index in [4.69, 9.17) is 0 Å². The highest BCUT2D eigenvalue weighted by Crippen LogP contribution is 2.30. The van der Waals surface area contributed by atoms with Crippen molar-refractivity contribution in [2.24, 2.45) is 11.8 Å². The van der Waals surface area contributed by atoms with E-state index in [2.05, 4.69) is 10.2 Å². The third kappa shape index (κ3) is 3.39. The van der Waals surface area contributed by atoms with E-state index in [9.17, 15) is 4.79 Å². The first-order valence-corrected chi connectivity index (χ1v) is 7.35. The summed E-state index contributed by atoms with van der Waals surface area (Å²) in [6.07, 6.45) is 8.70. The molecule has 4 heteroatoms. The average Bonchev–Trinajstić information content (AvgIpc) is 3.08. The molecule has 1 amide bonds. The molecular weight excluding hydrogens is 248 g/mol. The summed E-state index contributed by atoms with van der Waals surface area (Å²) in [5.74, 6) is 1.78. The van der Waals surface area contributed by atoms with Crippen LogP contribution in [-0.4, -0.2) is 36.5 Å². The van der Waals surface area contributed by atoms with Crippen LogP contribution in [0.5, 0.6) is 0 Å². The summed E-state index contributed by atoms with van der Waals surface area (Å²) in [6.45, 7) is 3.18. The van der Waals surface area contributed by atoms with Gasteiger partial charge in [-0.25, -0.2) is 0 Å².